The van der Waals surface area contributed by atoms with E-state index in [4.69, 9.17) is 23.2 Å². The molecular weight excluding hydrogens is 343 g/mol. The summed E-state index contributed by atoms with van der Waals surface area (Å²) < 4.78 is 0. The minimum atomic E-state index is -0.757. The molecule has 1 aliphatic rings. The van der Waals surface area contributed by atoms with E-state index in [9.17, 15) is 9.90 Å². The van der Waals surface area contributed by atoms with E-state index < -0.39 is 11.9 Å². The number of halogens is 2. The van der Waals surface area contributed by atoms with Gasteiger partial charge in [-0.25, -0.2) is 4.99 Å². The second kappa shape index (κ2) is 7.11. The van der Waals surface area contributed by atoms with Crippen molar-refractivity contribution in [1.29, 1.82) is 0 Å². The number of rotatable bonds is 4. The van der Waals surface area contributed by atoms with Gasteiger partial charge in [-0.15, -0.1) is 0 Å². The van der Waals surface area contributed by atoms with Gasteiger partial charge in [-0.3, -0.25) is 4.79 Å². The average molecular weight is 361 g/mol. The Bertz CT molecular complexity index is 589. The molecule has 2 rings (SSSR count). The second-order valence-corrected chi connectivity index (χ2v) is 7.33. The summed E-state index contributed by atoms with van der Waals surface area (Å²) in [7, 11) is 1.93. The maximum atomic E-state index is 11.4. The zero-order valence-corrected chi connectivity index (χ0v) is 14.9. The maximum absolute atomic E-state index is 11.4. The van der Waals surface area contributed by atoms with E-state index in [1.54, 1.807) is 18.2 Å². The van der Waals surface area contributed by atoms with Crippen LogP contribution in [0.1, 0.15) is 20.3 Å². The molecule has 4 nitrogen and oxygen atoms in total. The van der Waals surface area contributed by atoms with E-state index in [0.717, 1.165) is 5.17 Å². The average Bonchev–Trinajstić information content (AvgIpc) is 2.67. The highest BCUT2D eigenvalue weighted by Crippen LogP contribution is 2.38. The van der Waals surface area contributed by atoms with Gasteiger partial charge in [-0.1, -0.05) is 41.9 Å². The standard InChI is InChI=1S/C15H18Cl2N2O2S/c1-4-12(14(20)21)13-8(2)19(3)15(22-13)18-11-6-9(16)5-10(17)7-11/h5-8,12-13H,4H2,1-3H3,(H,20,21). The highest BCUT2D eigenvalue weighted by atomic mass is 35.5. The Morgan fingerprint density at radius 2 is 2.00 bits per heavy atom. The van der Waals surface area contributed by atoms with Crippen molar-refractivity contribution in [2.75, 3.05) is 7.05 Å². The van der Waals surface area contributed by atoms with E-state index in [0.29, 0.717) is 22.2 Å². The number of benzene rings is 1. The molecule has 1 aromatic carbocycles. The van der Waals surface area contributed by atoms with Gasteiger partial charge in [-0.05, 0) is 31.5 Å². The van der Waals surface area contributed by atoms with Gasteiger partial charge in [-0.2, -0.15) is 0 Å². The number of carbonyl (C=O) groups is 1. The molecule has 1 aliphatic heterocycles. The minimum Gasteiger partial charge on any atom is -0.481 e. The number of aliphatic imine (C=N–C) groups is 1. The molecule has 0 radical (unpaired) electrons. The first-order chi connectivity index (χ1) is 10.3. The number of aliphatic carboxylic acids is 1. The van der Waals surface area contributed by atoms with Crippen LogP contribution in [-0.2, 0) is 4.79 Å². The third kappa shape index (κ3) is 3.70. The first-order valence-corrected chi connectivity index (χ1v) is 8.64. The monoisotopic (exact) mass is 360 g/mol. The molecule has 0 spiro atoms. The molecule has 1 saturated heterocycles. The molecule has 0 amide bonds. The van der Waals surface area contributed by atoms with E-state index in [1.807, 2.05) is 25.8 Å². The van der Waals surface area contributed by atoms with Crippen molar-refractivity contribution in [2.45, 2.75) is 31.6 Å². The molecule has 3 unspecified atom stereocenters. The molecule has 0 aliphatic carbocycles. The molecule has 1 heterocycles. The molecule has 120 valence electrons. The van der Waals surface area contributed by atoms with Gasteiger partial charge in [0, 0.05) is 28.4 Å². The summed E-state index contributed by atoms with van der Waals surface area (Å²) in [5, 5.41) is 11.2. The first kappa shape index (κ1) is 17.4. The van der Waals surface area contributed by atoms with Crippen LogP contribution in [0.25, 0.3) is 0 Å². The summed E-state index contributed by atoms with van der Waals surface area (Å²) in [6, 6.07) is 5.23. The highest BCUT2D eigenvalue weighted by molar-refractivity contribution is 8.14. The third-order valence-electron chi connectivity index (χ3n) is 3.86. The number of thioether (sulfide) groups is 1. The first-order valence-electron chi connectivity index (χ1n) is 7.00. The Morgan fingerprint density at radius 1 is 1.41 bits per heavy atom. The number of carboxylic acid groups (broad SMARTS) is 1. The van der Waals surface area contributed by atoms with Crippen LogP contribution >= 0.6 is 35.0 Å². The lowest BCUT2D eigenvalue weighted by Gasteiger charge is -2.23. The van der Waals surface area contributed by atoms with Crippen LogP contribution in [0.5, 0.6) is 0 Å². The summed E-state index contributed by atoms with van der Waals surface area (Å²) >= 11 is 13.5. The normalized spacial score (nSPS) is 24.8. The molecule has 0 bridgehead atoms. The van der Waals surface area contributed by atoms with Crippen molar-refractivity contribution in [2.24, 2.45) is 10.9 Å². The number of nitrogens with zero attached hydrogens (tertiary/aromatic N) is 2. The van der Waals surface area contributed by atoms with Crippen molar-refractivity contribution in [3.8, 4) is 0 Å². The van der Waals surface area contributed by atoms with Crippen LogP contribution in [0.2, 0.25) is 10.0 Å². The summed E-state index contributed by atoms with van der Waals surface area (Å²) in [6.07, 6.45) is 0.599. The van der Waals surface area contributed by atoms with Crippen LogP contribution < -0.4 is 0 Å². The largest absolute Gasteiger partial charge is 0.481 e. The van der Waals surface area contributed by atoms with Crippen molar-refractivity contribution in [1.82, 2.24) is 4.90 Å². The van der Waals surface area contributed by atoms with E-state index in [1.165, 1.54) is 11.8 Å². The zero-order chi connectivity index (χ0) is 16.4. The van der Waals surface area contributed by atoms with Crippen LogP contribution in [0, 0.1) is 5.92 Å². The number of amidine groups is 1. The smallest absolute Gasteiger partial charge is 0.307 e. The summed E-state index contributed by atoms with van der Waals surface area (Å²) in [5.41, 5.74) is 0.670. The predicted molar refractivity (Wildman–Crippen MR) is 93.6 cm³/mol. The van der Waals surface area contributed by atoms with Gasteiger partial charge in [0.2, 0.25) is 0 Å². The summed E-state index contributed by atoms with van der Waals surface area (Å²) in [5.74, 6) is -1.15. The molecule has 0 aromatic heterocycles. The Kier molecular flexibility index (Phi) is 5.64. The van der Waals surface area contributed by atoms with Crippen LogP contribution in [0.4, 0.5) is 5.69 Å². The highest BCUT2D eigenvalue weighted by Gasteiger charge is 2.41. The molecule has 7 heteroatoms. The maximum Gasteiger partial charge on any atom is 0.307 e. The van der Waals surface area contributed by atoms with Gasteiger partial charge in [0.1, 0.15) is 0 Å². The predicted octanol–water partition coefficient (Wildman–Crippen LogP) is 4.53. The van der Waals surface area contributed by atoms with Gasteiger partial charge in [0.25, 0.3) is 0 Å². The number of carboxylic acids is 1. The molecule has 22 heavy (non-hydrogen) atoms. The fourth-order valence-electron chi connectivity index (χ4n) is 2.48. The van der Waals surface area contributed by atoms with Crippen molar-refractivity contribution in [3.05, 3.63) is 28.2 Å². The van der Waals surface area contributed by atoms with Gasteiger partial charge in [0.05, 0.1) is 11.6 Å². The van der Waals surface area contributed by atoms with Crippen LogP contribution in [0.15, 0.2) is 23.2 Å². The Labute approximate surface area is 144 Å². The van der Waals surface area contributed by atoms with Gasteiger partial charge >= 0.3 is 5.97 Å². The molecule has 3 atom stereocenters. The van der Waals surface area contributed by atoms with Crippen molar-refractivity contribution >= 4 is 51.8 Å². The van der Waals surface area contributed by atoms with Gasteiger partial charge < -0.3 is 10.0 Å². The van der Waals surface area contributed by atoms with Gasteiger partial charge in [0.15, 0.2) is 5.17 Å². The summed E-state index contributed by atoms with van der Waals surface area (Å²) in [6.45, 7) is 3.93. The number of hydrogen-bond acceptors (Lipinski definition) is 3. The van der Waals surface area contributed by atoms with E-state index in [2.05, 4.69) is 4.99 Å². The fourth-order valence-corrected chi connectivity index (χ4v) is 4.58. The molecule has 0 saturated carbocycles. The topological polar surface area (TPSA) is 52.9 Å². The van der Waals surface area contributed by atoms with E-state index in [-0.39, 0.29) is 11.3 Å². The lowest BCUT2D eigenvalue weighted by atomic mass is 9.97. The number of hydrogen-bond donors (Lipinski definition) is 1. The zero-order valence-electron chi connectivity index (χ0n) is 12.6. The molecule has 1 aromatic rings. The Morgan fingerprint density at radius 3 is 2.50 bits per heavy atom. The second-order valence-electron chi connectivity index (χ2n) is 5.31. The van der Waals surface area contributed by atoms with Crippen LogP contribution in [0.3, 0.4) is 0 Å². The third-order valence-corrected chi connectivity index (χ3v) is 5.88. The lowest BCUT2D eigenvalue weighted by Crippen LogP contribution is -2.37. The Balaban J connectivity index is 2.29. The lowest BCUT2D eigenvalue weighted by molar-refractivity contribution is -0.142. The quantitative estimate of drug-likeness (QED) is 0.856. The fraction of sp³-hybridized carbons (Fsp3) is 0.467. The van der Waals surface area contributed by atoms with Crippen LogP contribution in [-0.4, -0.2) is 39.5 Å². The minimum absolute atomic E-state index is 0.0269. The van der Waals surface area contributed by atoms with E-state index >= 15 is 0 Å². The summed E-state index contributed by atoms with van der Waals surface area (Å²) in [4.78, 5) is 18.0. The Hall–Kier alpha value is -0.910. The molecule has 1 fully saturated rings. The van der Waals surface area contributed by atoms with Crippen molar-refractivity contribution in [3.63, 3.8) is 0 Å². The van der Waals surface area contributed by atoms with Crippen molar-refractivity contribution < 1.29 is 9.90 Å². The molecule has 1 N–H and O–H groups in total. The molecular formula is C15H18Cl2N2O2S. The SMILES string of the molecule is CCC(C(=O)O)C1SC(=Nc2cc(Cl)cc(Cl)c2)N(C)C1C.